The monoisotopic (exact) mass is 224 g/mol. The number of carbonyl (C=O) groups excluding carboxylic acids is 2. The Kier molecular flexibility index (Phi) is 6.59. The molecule has 0 N–H and O–H groups in total. The molecule has 0 rings (SSSR count). The highest BCUT2D eigenvalue weighted by Crippen LogP contribution is 1.93. The number of ether oxygens (including phenoxy) is 2. The first-order valence-corrected chi connectivity index (χ1v) is 4.75. The molecule has 0 aromatic carbocycles. The van der Waals surface area contributed by atoms with Gasteiger partial charge >= 0.3 is 11.9 Å². The van der Waals surface area contributed by atoms with Crippen LogP contribution in [0, 0.1) is 0 Å². The van der Waals surface area contributed by atoms with Crippen molar-refractivity contribution in [2.75, 3.05) is 13.2 Å². The van der Waals surface area contributed by atoms with Gasteiger partial charge in [0.1, 0.15) is 13.2 Å². The van der Waals surface area contributed by atoms with E-state index in [1.165, 1.54) is 0 Å². The Hall–Kier alpha value is -1.84. The van der Waals surface area contributed by atoms with Crippen LogP contribution in [0.3, 0.4) is 0 Å². The van der Waals surface area contributed by atoms with E-state index in [1.807, 2.05) is 0 Å². The second-order valence-electron chi connectivity index (χ2n) is 3.23. The third-order valence-electron chi connectivity index (χ3n) is 1.48. The summed E-state index contributed by atoms with van der Waals surface area (Å²) in [5.74, 6) is -0.882. The van der Waals surface area contributed by atoms with Gasteiger partial charge in [0, 0.05) is 11.1 Å². The van der Waals surface area contributed by atoms with Crippen LogP contribution in [0.25, 0.3) is 0 Å². The van der Waals surface area contributed by atoms with Crippen molar-refractivity contribution in [1.82, 2.24) is 0 Å². The van der Waals surface area contributed by atoms with Crippen molar-refractivity contribution in [3.63, 3.8) is 0 Å². The molecule has 0 aliphatic carbocycles. The summed E-state index contributed by atoms with van der Waals surface area (Å²) >= 11 is 0. The van der Waals surface area contributed by atoms with Crippen LogP contribution in [0.4, 0.5) is 0 Å². The minimum atomic E-state index is -0.441. The van der Waals surface area contributed by atoms with Crippen molar-refractivity contribution in [3.05, 3.63) is 36.5 Å². The van der Waals surface area contributed by atoms with Crippen molar-refractivity contribution in [3.8, 4) is 0 Å². The van der Waals surface area contributed by atoms with Gasteiger partial charge in [-0.05, 0) is 26.0 Å². The van der Waals surface area contributed by atoms with E-state index in [-0.39, 0.29) is 13.2 Å². The molecule has 16 heavy (non-hydrogen) atoms. The lowest BCUT2D eigenvalue weighted by atomic mass is 10.4. The summed E-state index contributed by atoms with van der Waals surface area (Å²) in [6, 6.07) is 0. The molecule has 0 heterocycles. The van der Waals surface area contributed by atoms with Gasteiger partial charge in [-0.2, -0.15) is 0 Å². The molecule has 0 saturated carbocycles. The van der Waals surface area contributed by atoms with E-state index in [0.717, 1.165) is 0 Å². The Labute approximate surface area is 95.2 Å². The number of hydrogen-bond donors (Lipinski definition) is 0. The van der Waals surface area contributed by atoms with Crippen LogP contribution in [-0.4, -0.2) is 25.2 Å². The lowest BCUT2D eigenvalue weighted by Crippen LogP contribution is -2.06. The molecule has 0 spiro atoms. The summed E-state index contributed by atoms with van der Waals surface area (Å²) in [5, 5.41) is 0. The Balaban J connectivity index is 3.64. The maximum Gasteiger partial charge on any atom is 0.333 e. The predicted octanol–water partition coefficient (Wildman–Crippen LogP) is 1.78. The molecule has 0 aliphatic heterocycles. The maximum absolute atomic E-state index is 10.9. The molecule has 4 nitrogen and oxygen atoms in total. The van der Waals surface area contributed by atoms with E-state index >= 15 is 0 Å². The molecule has 0 aromatic rings. The summed E-state index contributed by atoms with van der Waals surface area (Å²) in [7, 11) is 0. The zero-order chi connectivity index (χ0) is 12.6. The minimum Gasteiger partial charge on any atom is -0.458 e. The topological polar surface area (TPSA) is 52.6 Å². The fraction of sp³-hybridized carbons (Fsp3) is 0.333. The Morgan fingerprint density at radius 1 is 0.938 bits per heavy atom. The molecule has 4 heteroatoms. The van der Waals surface area contributed by atoms with Crippen molar-refractivity contribution in [1.29, 1.82) is 0 Å². The highest BCUT2D eigenvalue weighted by atomic mass is 16.5. The molecular weight excluding hydrogens is 208 g/mol. The van der Waals surface area contributed by atoms with Gasteiger partial charge < -0.3 is 9.47 Å². The van der Waals surface area contributed by atoms with Crippen LogP contribution in [0.1, 0.15) is 13.8 Å². The summed E-state index contributed by atoms with van der Waals surface area (Å²) < 4.78 is 9.55. The van der Waals surface area contributed by atoms with Gasteiger partial charge in [0.25, 0.3) is 0 Å². The molecule has 0 radical (unpaired) electrons. The normalized spacial score (nSPS) is 9.88. The average Bonchev–Trinajstić information content (AvgIpc) is 2.21. The Bertz CT molecular complexity index is 294. The molecule has 0 amide bonds. The molecule has 0 fully saturated rings. The van der Waals surface area contributed by atoms with Crippen LogP contribution in [0.2, 0.25) is 0 Å². The van der Waals surface area contributed by atoms with Crippen molar-refractivity contribution in [2.24, 2.45) is 0 Å². The summed E-state index contributed by atoms with van der Waals surface area (Å²) in [4.78, 5) is 21.8. The van der Waals surface area contributed by atoms with Gasteiger partial charge in [0.2, 0.25) is 0 Å². The lowest BCUT2D eigenvalue weighted by molar-refractivity contribution is -0.139. The van der Waals surface area contributed by atoms with Crippen LogP contribution < -0.4 is 0 Å². The maximum atomic E-state index is 10.9. The van der Waals surface area contributed by atoms with E-state index in [9.17, 15) is 9.59 Å². The summed E-state index contributed by atoms with van der Waals surface area (Å²) in [6.07, 6.45) is 3.18. The lowest BCUT2D eigenvalue weighted by Gasteiger charge is -2.01. The fourth-order valence-electron chi connectivity index (χ4n) is 0.630. The minimum absolute atomic E-state index is 0.135. The fourth-order valence-corrected chi connectivity index (χ4v) is 0.630. The van der Waals surface area contributed by atoms with Gasteiger partial charge in [-0.1, -0.05) is 13.2 Å². The molecule has 88 valence electrons. The van der Waals surface area contributed by atoms with E-state index in [0.29, 0.717) is 11.1 Å². The van der Waals surface area contributed by atoms with Crippen LogP contribution in [0.15, 0.2) is 36.5 Å². The quantitative estimate of drug-likeness (QED) is 0.392. The number of esters is 2. The average molecular weight is 224 g/mol. The zero-order valence-electron chi connectivity index (χ0n) is 9.62. The van der Waals surface area contributed by atoms with E-state index < -0.39 is 11.9 Å². The van der Waals surface area contributed by atoms with Crippen LogP contribution in [-0.2, 0) is 19.1 Å². The van der Waals surface area contributed by atoms with Gasteiger partial charge in [-0.3, -0.25) is 0 Å². The van der Waals surface area contributed by atoms with Gasteiger partial charge in [-0.25, -0.2) is 9.59 Å². The van der Waals surface area contributed by atoms with Crippen molar-refractivity contribution in [2.45, 2.75) is 13.8 Å². The van der Waals surface area contributed by atoms with Crippen LogP contribution in [0.5, 0.6) is 0 Å². The van der Waals surface area contributed by atoms with Crippen molar-refractivity contribution >= 4 is 11.9 Å². The second kappa shape index (κ2) is 7.45. The van der Waals surface area contributed by atoms with Gasteiger partial charge in [0.15, 0.2) is 0 Å². The van der Waals surface area contributed by atoms with Gasteiger partial charge in [-0.15, -0.1) is 0 Å². The van der Waals surface area contributed by atoms with E-state index in [4.69, 9.17) is 9.47 Å². The first-order chi connectivity index (χ1) is 7.45. The number of hydrogen-bond acceptors (Lipinski definition) is 4. The predicted molar refractivity (Wildman–Crippen MR) is 60.7 cm³/mol. The molecule has 0 atom stereocenters. The number of carbonyl (C=O) groups is 2. The van der Waals surface area contributed by atoms with Crippen molar-refractivity contribution < 1.29 is 19.1 Å². The second-order valence-corrected chi connectivity index (χ2v) is 3.23. The number of rotatable bonds is 6. The summed E-state index contributed by atoms with van der Waals surface area (Å²) in [6.45, 7) is 10.3. The molecule has 0 aliphatic rings. The largest absolute Gasteiger partial charge is 0.458 e. The smallest absolute Gasteiger partial charge is 0.333 e. The highest BCUT2D eigenvalue weighted by Gasteiger charge is 2.01. The molecule has 0 saturated heterocycles. The highest BCUT2D eigenvalue weighted by molar-refractivity contribution is 5.87. The third-order valence-corrected chi connectivity index (χ3v) is 1.48. The standard InChI is InChI=1S/C12H16O4/c1-9(2)11(13)15-7-5-6-8-16-12(14)10(3)4/h5-6H,1,3,7-8H2,2,4H3. The molecular formula is C12H16O4. The summed E-state index contributed by atoms with van der Waals surface area (Å²) in [5.41, 5.74) is 0.698. The van der Waals surface area contributed by atoms with E-state index in [1.54, 1.807) is 26.0 Å². The van der Waals surface area contributed by atoms with E-state index in [2.05, 4.69) is 13.2 Å². The molecule has 0 unspecified atom stereocenters. The van der Waals surface area contributed by atoms with Gasteiger partial charge in [0.05, 0.1) is 0 Å². The van der Waals surface area contributed by atoms with Crippen LogP contribution >= 0.6 is 0 Å². The molecule has 0 bridgehead atoms. The SMILES string of the molecule is C=C(C)C(=O)OCC=CCOC(=O)C(=C)C. The first-order valence-electron chi connectivity index (χ1n) is 4.75. The molecule has 0 aromatic heterocycles. The third kappa shape index (κ3) is 6.59. The Morgan fingerprint density at radius 3 is 1.50 bits per heavy atom. The zero-order valence-corrected chi connectivity index (χ0v) is 9.62. The first kappa shape index (κ1) is 14.2. The Morgan fingerprint density at radius 2 is 1.25 bits per heavy atom.